The molecule has 0 N–H and O–H groups in total. The maximum Gasteiger partial charge on any atom is 0.0930 e. The molecule has 1 heteroatoms. The van der Waals surface area contributed by atoms with E-state index in [4.69, 9.17) is 0 Å². The van der Waals surface area contributed by atoms with Crippen LogP contribution in [-0.2, 0) is 0 Å². The molecule has 52 valence electrons. The third-order valence-corrected chi connectivity index (χ3v) is 1.98. The minimum Gasteiger partial charge on any atom is -0.212 e. The zero-order valence-electron chi connectivity index (χ0n) is 5.70. The van der Waals surface area contributed by atoms with Gasteiger partial charge in [0.05, 0.1) is 5.83 Å². The lowest BCUT2D eigenvalue weighted by Crippen LogP contribution is -1.91. The number of hydrogen-bond acceptors (Lipinski definition) is 0. The molecule has 1 aliphatic rings. The molecule has 1 rings (SSSR count). The predicted molar refractivity (Wildman–Crippen MR) is 36.8 cm³/mol. The molecule has 1 saturated carbocycles. The number of hydrogen-bond donors (Lipinski definition) is 0. The number of allylic oxidation sites excluding steroid dienone is 1. The molecule has 0 bridgehead atoms. The van der Waals surface area contributed by atoms with Crippen LogP contribution >= 0.6 is 0 Å². The number of halogens is 1. The molecule has 0 heterocycles. The highest BCUT2D eigenvalue weighted by atomic mass is 19.1. The Kier molecular flexibility index (Phi) is 2.26. The van der Waals surface area contributed by atoms with E-state index in [-0.39, 0.29) is 5.83 Å². The fraction of sp³-hybridized carbons (Fsp3) is 0.750. The van der Waals surface area contributed by atoms with Gasteiger partial charge < -0.3 is 0 Å². The second-order valence-electron chi connectivity index (χ2n) is 2.87. The Morgan fingerprint density at radius 3 is 2.44 bits per heavy atom. The van der Waals surface area contributed by atoms with Crippen LogP contribution in [-0.4, -0.2) is 0 Å². The van der Waals surface area contributed by atoms with Crippen molar-refractivity contribution in [2.24, 2.45) is 5.92 Å². The van der Waals surface area contributed by atoms with Gasteiger partial charge in [-0.3, -0.25) is 0 Å². The van der Waals surface area contributed by atoms with Crippen molar-refractivity contribution in [3.63, 3.8) is 0 Å². The Morgan fingerprint density at radius 1 is 1.44 bits per heavy atom. The highest BCUT2D eigenvalue weighted by molar-refractivity contribution is 4.84. The van der Waals surface area contributed by atoms with Gasteiger partial charge in [0.2, 0.25) is 0 Å². The predicted octanol–water partition coefficient (Wildman–Crippen LogP) is 3.05. The monoisotopic (exact) mass is 128 g/mol. The van der Waals surface area contributed by atoms with E-state index in [1.54, 1.807) is 0 Å². The average Bonchev–Trinajstić information content (AvgIpc) is 2.15. The first-order valence-corrected chi connectivity index (χ1v) is 3.62. The van der Waals surface area contributed by atoms with Crippen LogP contribution in [0.15, 0.2) is 12.4 Å². The molecular weight excluding hydrogens is 115 g/mol. The van der Waals surface area contributed by atoms with E-state index in [0.29, 0.717) is 12.3 Å². The van der Waals surface area contributed by atoms with Gasteiger partial charge in [-0.15, -0.1) is 0 Å². The van der Waals surface area contributed by atoms with Gasteiger partial charge in [-0.05, 0) is 5.92 Å². The van der Waals surface area contributed by atoms with E-state index in [1.807, 2.05) is 0 Å². The lowest BCUT2D eigenvalue weighted by atomic mass is 10.0. The van der Waals surface area contributed by atoms with Gasteiger partial charge in [-0.2, -0.15) is 0 Å². The van der Waals surface area contributed by atoms with Crippen LogP contribution in [0.2, 0.25) is 0 Å². The molecule has 1 aliphatic carbocycles. The van der Waals surface area contributed by atoms with Gasteiger partial charge in [0.25, 0.3) is 0 Å². The maximum absolute atomic E-state index is 12.2. The molecule has 0 atom stereocenters. The second kappa shape index (κ2) is 3.00. The molecule has 9 heavy (non-hydrogen) atoms. The lowest BCUT2D eigenvalue weighted by molar-refractivity contribution is 0.472. The summed E-state index contributed by atoms with van der Waals surface area (Å²) in [6, 6.07) is 0. The van der Waals surface area contributed by atoms with Crippen LogP contribution in [0.25, 0.3) is 0 Å². The molecular formula is C8H13F. The van der Waals surface area contributed by atoms with Crippen molar-refractivity contribution in [3.05, 3.63) is 12.4 Å². The summed E-state index contributed by atoms with van der Waals surface area (Å²) < 4.78 is 12.2. The first-order chi connectivity index (χ1) is 4.29. The van der Waals surface area contributed by atoms with Gasteiger partial charge >= 0.3 is 0 Å². The Morgan fingerprint density at radius 2 is 2.00 bits per heavy atom. The normalized spacial score (nSPS) is 20.6. The van der Waals surface area contributed by atoms with E-state index in [2.05, 4.69) is 6.58 Å². The number of rotatable bonds is 2. The molecule has 0 aromatic rings. The highest BCUT2D eigenvalue weighted by Crippen LogP contribution is 2.29. The van der Waals surface area contributed by atoms with E-state index < -0.39 is 0 Å². The van der Waals surface area contributed by atoms with Crippen molar-refractivity contribution < 1.29 is 4.39 Å². The van der Waals surface area contributed by atoms with Crippen LogP contribution in [0.1, 0.15) is 32.1 Å². The Bertz CT molecular complexity index is 101. The van der Waals surface area contributed by atoms with Crippen LogP contribution in [0.3, 0.4) is 0 Å². The van der Waals surface area contributed by atoms with Crippen molar-refractivity contribution in [1.29, 1.82) is 0 Å². The third-order valence-electron chi connectivity index (χ3n) is 1.98. The summed E-state index contributed by atoms with van der Waals surface area (Å²) >= 11 is 0. The van der Waals surface area contributed by atoms with Gasteiger partial charge in [0.15, 0.2) is 0 Å². The largest absolute Gasteiger partial charge is 0.212 e. The summed E-state index contributed by atoms with van der Waals surface area (Å²) in [6.07, 6.45) is 5.61. The van der Waals surface area contributed by atoms with Crippen molar-refractivity contribution >= 4 is 0 Å². The zero-order chi connectivity index (χ0) is 6.69. The zero-order valence-corrected chi connectivity index (χ0v) is 5.70. The minimum atomic E-state index is -0.137. The Labute approximate surface area is 55.8 Å². The molecule has 0 unspecified atom stereocenters. The molecule has 0 aromatic heterocycles. The summed E-state index contributed by atoms with van der Waals surface area (Å²) in [5, 5.41) is 0. The minimum absolute atomic E-state index is 0.137. The molecule has 0 spiro atoms. The van der Waals surface area contributed by atoms with Crippen LogP contribution in [0, 0.1) is 5.92 Å². The van der Waals surface area contributed by atoms with Crippen molar-refractivity contribution in [2.45, 2.75) is 32.1 Å². The van der Waals surface area contributed by atoms with E-state index >= 15 is 0 Å². The molecule has 0 amide bonds. The Balaban J connectivity index is 2.19. The fourth-order valence-electron chi connectivity index (χ4n) is 1.53. The van der Waals surface area contributed by atoms with E-state index in [1.165, 1.54) is 25.7 Å². The van der Waals surface area contributed by atoms with Crippen LogP contribution in [0.5, 0.6) is 0 Å². The summed E-state index contributed by atoms with van der Waals surface area (Å²) in [5.74, 6) is 0.476. The maximum atomic E-state index is 12.2. The molecule has 1 fully saturated rings. The average molecular weight is 128 g/mol. The third kappa shape index (κ3) is 2.17. The molecule has 0 aromatic carbocycles. The molecule has 0 aliphatic heterocycles. The van der Waals surface area contributed by atoms with Gasteiger partial charge in [0.1, 0.15) is 0 Å². The lowest BCUT2D eigenvalue weighted by Gasteiger charge is -2.03. The van der Waals surface area contributed by atoms with Crippen LogP contribution < -0.4 is 0 Å². The van der Waals surface area contributed by atoms with Crippen molar-refractivity contribution in [3.8, 4) is 0 Å². The quantitative estimate of drug-likeness (QED) is 0.536. The summed E-state index contributed by atoms with van der Waals surface area (Å²) in [5.41, 5.74) is 0. The molecule has 0 nitrogen and oxygen atoms in total. The first kappa shape index (κ1) is 6.79. The smallest absolute Gasteiger partial charge is 0.0930 e. The van der Waals surface area contributed by atoms with Crippen molar-refractivity contribution in [1.82, 2.24) is 0 Å². The van der Waals surface area contributed by atoms with Gasteiger partial charge in [-0.25, -0.2) is 4.39 Å². The Hall–Kier alpha value is -0.330. The van der Waals surface area contributed by atoms with E-state index in [0.717, 1.165) is 0 Å². The van der Waals surface area contributed by atoms with Gasteiger partial charge in [-0.1, -0.05) is 32.3 Å². The van der Waals surface area contributed by atoms with Gasteiger partial charge in [0, 0.05) is 6.42 Å². The SMILES string of the molecule is C=C(F)CC1CCCC1. The fourth-order valence-corrected chi connectivity index (χ4v) is 1.53. The molecule has 0 saturated heterocycles. The van der Waals surface area contributed by atoms with E-state index in [9.17, 15) is 4.39 Å². The first-order valence-electron chi connectivity index (χ1n) is 3.62. The van der Waals surface area contributed by atoms with Crippen molar-refractivity contribution in [2.75, 3.05) is 0 Å². The highest BCUT2D eigenvalue weighted by Gasteiger charge is 2.15. The standard InChI is InChI=1S/C8H13F/c1-7(9)6-8-4-2-3-5-8/h8H,1-6H2. The summed E-state index contributed by atoms with van der Waals surface area (Å²) in [7, 11) is 0. The topological polar surface area (TPSA) is 0 Å². The second-order valence-corrected chi connectivity index (χ2v) is 2.87. The summed E-state index contributed by atoms with van der Waals surface area (Å²) in [4.78, 5) is 0. The summed E-state index contributed by atoms with van der Waals surface area (Å²) in [6.45, 7) is 3.25. The molecule has 0 radical (unpaired) electrons. The van der Waals surface area contributed by atoms with Crippen LogP contribution in [0.4, 0.5) is 4.39 Å².